The van der Waals surface area contributed by atoms with Gasteiger partial charge in [-0.15, -0.1) is 0 Å². The third-order valence-corrected chi connectivity index (χ3v) is 4.42. The summed E-state index contributed by atoms with van der Waals surface area (Å²) in [5.74, 6) is -0.840. The molecule has 0 aliphatic rings. The van der Waals surface area contributed by atoms with Gasteiger partial charge in [-0.25, -0.2) is 9.97 Å². The number of carbonyl (C=O) groups excluding carboxylic acids is 2. The van der Waals surface area contributed by atoms with E-state index >= 15 is 0 Å². The maximum atomic E-state index is 12.1. The van der Waals surface area contributed by atoms with Crippen LogP contribution < -0.4 is 5.32 Å². The average molecular weight is 424 g/mol. The molecule has 1 amide bonds. The highest BCUT2D eigenvalue weighted by Gasteiger charge is 2.18. The Morgan fingerprint density at radius 2 is 1.80 bits per heavy atom. The number of aromatic nitrogens is 2. The van der Waals surface area contributed by atoms with Crippen LogP contribution in [0, 0.1) is 13.8 Å². The zero-order valence-electron chi connectivity index (χ0n) is 14.1. The number of nitrogens with zero attached hydrogens (tertiary/aromatic N) is 2. The van der Waals surface area contributed by atoms with Crippen LogP contribution in [0.3, 0.4) is 0 Å². The second-order valence-corrected chi connectivity index (χ2v) is 7.21. The fraction of sp³-hybridized carbons (Fsp3) is 0.294. The Balaban J connectivity index is 1.82. The van der Waals surface area contributed by atoms with Crippen molar-refractivity contribution in [2.24, 2.45) is 0 Å². The lowest BCUT2D eigenvalue weighted by Gasteiger charge is -2.13. The molecule has 1 heterocycles. The predicted molar refractivity (Wildman–Crippen MR) is 101 cm³/mol. The van der Waals surface area contributed by atoms with Crippen molar-refractivity contribution in [1.82, 2.24) is 9.97 Å². The van der Waals surface area contributed by atoms with E-state index in [2.05, 4.69) is 31.2 Å². The first-order valence-corrected chi connectivity index (χ1v) is 9.32. The highest BCUT2D eigenvalue weighted by Crippen LogP contribution is 2.16. The van der Waals surface area contributed by atoms with Gasteiger partial charge >= 0.3 is 5.97 Å². The molecule has 6 nitrogen and oxygen atoms in total. The Morgan fingerprint density at radius 1 is 1.20 bits per heavy atom. The molecule has 25 heavy (non-hydrogen) atoms. The number of amides is 1. The van der Waals surface area contributed by atoms with Crippen LogP contribution in [0.15, 0.2) is 40.0 Å². The smallest absolute Gasteiger partial charge is 0.317 e. The third-order valence-electron chi connectivity index (χ3n) is 3.07. The zero-order chi connectivity index (χ0) is 18.4. The third kappa shape index (κ3) is 6.47. The lowest BCUT2D eigenvalue weighted by atomic mass is 10.3. The van der Waals surface area contributed by atoms with Crippen LogP contribution in [0.5, 0.6) is 0 Å². The number of esters is 1. The molecule has 0 aliphatic heterocycles. The number of benzene rings is 1. The van der Waals surface area contributed by atoms with Gasteiger partial charge in [-0.3, -0.25) is 9.59 Å². The Bertz CT molecular complexity index is 748. The molecule has 0 bridgehead atoms. The number of rotatable bonds is 6. The lowest BCUT2D eigenvalue weighted by Crippen LogP contribution is -2.30. The number of ether oxygens (including phenoxy) is 1. The molecule has 2 rings (SSSR count). The minimum absolute atomic E-state index is 0.0405. The van der Waals surface area contributed by atoms with Gasteiger partial charge in [0.1, 0.15) is 0 Å². The summed E-state index contributed by atoms with van der Waals surface area (Å²) >= 11 is 4.51. The molecule has 132 valence electrons. The normalized spacial score (nSPS) is 11.7. The van der Waals surface area contributed by atoms with Gasteiger partial charge in [0.15, 0.2) is 11.3 Å². The van der Waals surface area contributed by atoms with E-state index in [1.807, 2.05) is 32.0 Å². The lowest BCUT2D eigenvalue weighted by molar-refractivity contribution is -0.150. The SMILES string of the molecule is Cc1cc(C)nc(SCC(=O)OC(C)C(=O)Nc2ccc(Br)cc2)n1. The van der Waals surface area contributed by atoms with Crippen molar-refractivity contribution >= 4 is 45.3 Å². The van der Waals surface area contributed by atoms with Crippen LogP contribution in [-0.4, -0.2) is 33.7 Å². The summed E-state index contributed by atoms with van der Waals surface area (Å²) in [6.45, 7) is 5.27. The maximum absolute atomic E-state index is 12.1. The quantitative estimate of drug-likeness (QED) is 0.434. The summed E-state index contributed by atoms with van der Waals surface area (Å²) in [4.78, 5) is 32.5. The van der Waals surface area contributed by atoms with E-state index in [4.69, 9.17) is 4.74 Å². The minimum Gasteiger partial charge on any atom is -0.452 e. The Kier molecular flexibility index (Phi) is 6.95. The summed E-state index contributed by atoms with van der Waals surface area (Å²) in [6.07, 6.45) is -0.892. The maximum Gasteiger partial charge on any atom is 0.317 e. The van der Waals surface area contributed by atoms with Gasteiger partial charge in [0.2, 0.25) is 0 Å². The fourth-order valence-corrected chi connectivity index (χ4v) is 2.94. The first-order chi connectivity index (χ1) is 11.8. The molecule has 0 spiro atoms. The van der Waals surface area contributed by atoms with E-state index in [0.29, 0.717) is 10.8 Å². The molecule has 1 aromatic heterocycles. The van der Waals surface area contributed by atoms with Crippen LogP contribution >= 0.6 is 27.7 Å². The van der Waals surface area contributed by atoms with Crippen molar-refractivity contribution in [3.8, 4) is 0 Å². The molecule has 1 unspecified atom stereocenters. The van der Waals surface area contributed by atoms with Crippen molar-refractivity contribution in [1.29, 1.82) is 0 Å². The van der Waals surface area contributed by atoms with Gasteiger partial charge in [0.05, 0.1) is 5.75 Å². The van der Waals surface area contributed by atoms with E-state index in [1.165, 1.54) is 18.7 Å². The first-order valence-electron chi connectivity index (χ1n) is 7.54. The molecule has 0 saturated heterocycles. The number of carbonyl (C=O) groups is 2. The van der Waals surface area contributed by atoms with E-state index in [0.717, 1.165) is 15.9 Å². The molecule has 0 saturated carbocycles. The predicted octanol–water partition coefficient (Wildman–Crippen LogP) is 3.52. The Labute approximate surface area is 158 Å². The second-order valence-electron chi connectivity index (χ2n) is 5.35. The minimum atomic E-state index is -0.892. The fourth-order valence-electron chi connectivity index (χ4n) is 1.94. The number of hydrogen-bond donors (Lipinski definition) is 1. The molecule has 1 aromatic carbocycles. The van der Waals surface area contributed by atoms with Gasteiger partial charge in [-0.05, 0) is 51.1 Å². The average Bonchev–Trinajstić information content (AvgIpc) is 2.54. The highest BCUT2D eigenvalue weighted by atomic mass is 79.9. The summed E-state index contributed by atoms with van der Waals surface area (Å²) in [7, 11) is 0. The summed E-state index contributed by atoms with van der Waals surface area (Å²) < 4.78 is 6.07. The molecule has 0 fully saturated rings. The van der Waals surface area contributed by atoms with Gasteiger partial charge < -0.3 is 10.1 Å². The number of anilines is 1. The standard InChI is InChI=1S/C17H18BrN3O3S/c1-10-8-11(2)20-17(19-10)25-9-15(22)24-12(3)16(23)21-14-6-4-13(18)5-7-14/h4-8,12H,9H2,1-3H3,(H,21,23). The Morgan fingerprint density at radius 3 is 2.40 bits per heavy atom. The molecular weight excluding hydrogens is 406 g/mol. The monoisotopic (exact) mass is 423 g/mol. The molecule has 1 atom stereocenters. The largest absolute Gasteiger partial charge is 0.452 e. The van der Waals surface area contributed by atoms with Crippen LogP contribution in [0.4, 0.5) is 5.69 Å². The molecule has 0 radical (unpaired) electrons. The summed E-state index contributed by atoms with van der Waals surface area (Å²) in [6, 6.07) is 8.99. The number of nitrogens with one attached hydrogen (secondary N) is 1. The van der Waals surface area contributed by atoms with E-state index in [-0.39, 0.29) is 11.7 Å². The summed E-state index contributed by atoms with van der Waals surface area (Å²) in [5, 5.41) is 3.21. The zero-order valence-corrected chi connectivity index (χ0v) is 16.5. The molecule has 1 N–H and O–H groups in total. The van der Waals surface area contributed by atoms with Gasteiger partial charge in [-0.1, -0.05) is 27.7 Å². The topological polar surface area (TPSA) is 81.2 Å². The van der Waals surface area contributed by atoms with Crippen LogP contribution in [-0.2, 0) is 14.3 Å². The molecule has 8 heteroatoms. The van der Waals surface area contributed by atoms with Crippen molar-refractivity contribution in [3.05, 3.63) is 46.2 Å². The summed E-state index contributed by atoms with van der Waals surface area (Å²) in [5.41, 5.74) is 2.31. The number of thioether (sulfide) groups is 1. The van der Waals surface area contributed by atoms with Crippen LogP contribution in [0.1, 0.15) is 18.3 Å². The number of halogens is 1. The highest BCUT2D eigenvalue weighted by molar-refractivity contribution is 9.10. The van der Waals surface area contributed by atoms with Crippen molar-refractivity contribution in [3.63, 3.8) is 0 Å². The van der Waals surface area contributed by atoms with Gasteiger partial charge in [-0.2, -0.15) is 0 Å². The van der Waals surface area contributed by atoms with Gasteiger partial charge in [0.25, 0.3) is 5.91 Å². The van der Waals surface area contributed by atoms with Crippen LogP contribution in [0.25, 0.3) is 0 Å². The molecule has 2 aromatic rings. The second kappa shape index (κ2) is 8.96. The number of hydrogen-bond acceptors (Lipinski definition) is 6. The van der Waals surface area contributed by atoms with Gasteiger partial charge in [0, 0.05) is 21.5 Å². The van der Waals surface area contributed by atoms with Crippen molar-refractivity contribution < 1.29 is 14.3 Å². The molecule has 0 aliphatic carbocycles. The Hall–Kier alpha value is -1.93. The van der Waals surface area contributed by atoms with Crippen molar-refractivity contribution in [2.75, 3.05) is 11.1 Å². The van der Waals surface area contributed by atoms with E-state index in [1.54, 1.807) is 12.1 Å². The van der Waals surface area contributed by atoms with Crippen LogP contribution in [0.2, 0.25) is 0 Å². The van der Waals surface area contributed by atoms with E-state index in [9.17, 15) is 9.59 Å². The van der Waals surface area contributed by atoms with E-state index < -0.39 is 12.1 Å². The first kappa shape index (κ1) is 19.4. The number of aryl methyl sites for hydroxylation is 2. The van der Waals surface area contributed by atoms with Crippen molar-refractivity contribution in [2.45, 2.75) is 32.0 Å². The molecular formula is C17H18BrN3O3S.